The zero-order chi connectivity index (χ0) is 13.9. The standard InChI is InChI=1S/C11H11ClFNO3S/c1-7(2)6-14-11(15)9-4-3-8(5-10(9)13)18(12,16)17/h3-5H,1,6H2,2H3,(H,14,15). The summed E-state index contributed by atoms with van der Waals surface area (Å²) in [6, 6.07) is 2.84. The number of halogens is 2. The third kappa shape index (κ3) is 3.82. The lowest BCUT2D eigenvalue weighted by Gasteiger charge is -2.06. The number of carbonyl (C=O) groups excluding carboxylic acids is 1. The smallest absolute Gasteiger partial charge is 0.261 e. The maximum atomic E-state index is 13.5. The Bertz CT molecular complexity index is 598. The third-order valence-corrected chi connectivity index (χ3v) is 3.37. The number of rotatable bonds is 4. The zero-order valence-corrected chi connectivity index (χ0v) is 11.1. The number of amides is 1. The van der Waals surface area contributed by atoms with E-state index < -0.39 is 25.7 Å². The maximum Gasteiger partial charge on any atom is 0.261 e. The van der Waals surface area contributed by atoms with Gasteiger partial charge in [-0.05, 0) is 25.1 Å². The molecule has 1 amide bonds. The van der Waals surface area contributed by atoms with Crippen molar-refractivity contribution in [1.29, 1.82) is 0 Å². The molecule has 0 saturated heterocycles. The molecule has 1 rings (SSSR count). The van der Waals surface area contributed by atoms with Crippen molar-refractivity contribution in [2.24, 2.45) is 0 Å². The van der Waals surface area contributed by atoms with E-state index in [0.717, 1.165) is 12.1 Å². The highest BCUT2D eigenvalue weighted by Crippen LogP contribution is 2.18. The van der Waals surface area contributed by atoms with E-state index in [1.165, 1.54) is 0 Å². The van der Waals surface area contributed by atoms with E-state index >= 15 is 0 Å². The number of carbonyl (C=O) groups is 1. The molecule has 0 aromatic heterocycles. The molecule has 0 unspecified atom stereocenters. The van der Waals surface area contributed by atoms with E-state index in [2.05, 4.69) is 11.9 Å². The van der Waals surface area contributed by atoms with E-state index in [0.29, 0.717) is 11.6 Å². The average Bonchev–Trinajstić information content (AvgIpc) is 2.24. The Labute approximate surface area is 109 Å². The Morgan fingerprint density at radius 2 is 2.11 bits per heavy atom. The van der Waals surface area contributed by atoms with Crippen molar-refractivity contribution in [2.75, 3.05) is 6.54 Å². The SMILES string of the molecule is C=C(C)CNC(=O)c1ccc(S(=O)(=O)Cl)cc1F. The lowest BCUT2D eigenvalue weighted by Crippen LogP contribution is -2.25. The van der Waals surface area contributed by atoms with Crippen molar-refractivity contribution in [2.45, 2.75) is 11.8 Å². The molecule has 0 saturated carbocycles. The van der Waals surface area contributed by atoms with Gasteiger partial charge in [0.05, 0.1) is 10.5 Å². The first-order chi connectivity index (χ1) is 8.21. The normalized spacial score (nSPS) is 11.1. The topological polar surface area (TPSA) is 63.2 Å². The van der Waals surface area contributed by atoms with Gasteiger partial charge in [0.1, 0.15) is 5.82 Å². The van der Waals surface area contributed by atoms with Crippen LogP contribution in [0.2, 0.25) is 0 Å². The molecule has 0 spiro atoms. The summed E-state index contributed by atoms with van der Waals surface area (Å²) in [5.41, 5.74) is 0.462. The minimum atomic E-state index is -4.01. The molecule has 1 aromatic rings. The van der Waals surface area contributed by atoms with Gasteiger partial charge in [0.2, 0.25) is 0 Å². The highest BCUT2D eigenvalue weighted by molar-refractivity contribution is 8.13. The van der Waals surface area contributed by atoms with Crippen LogP contribution in [0.15, 0.2) is 35.2 Å². The van der Waals surface area contributed by atoms with Gasteiger partial charge in [-0.15, -0.1) is 0 Å². The first-order valence-electron chi connectivity index (χ1n) is 4.88. The van der Waals surface area contributed by atoms with Crippen molar-refractivity contribution in [1.82, 2.24) is 5.32 Å². The van der Waals surface area contributed by atoms with E-state index in [-0.39, 0.29) is 12.1 Å². The molecule has 1 N–H and O–H groups in total. The molecule has 7 heteroatoms. The van der Waals surface area contributed by atoms with Gasteiger partial charge in [-0.1, -0.05) is 12.2 Å². The van der Waals surface area contributed by atoms with Gasteiger partial charge in [0.15, 0.2) is 0 Å². The Morgan fingerprint density at radius 3 is 2.56 bits per heavy atom. The summed E-state index contributed by atoms with van der Waals surface area (Å²) in [6.45, 7) is 5.51. The predicted octanol–water partition coefficient (Wildman–Crippen LogP) is 2.06. The van der Waals surface area contributed by atoms with Gasteiger partial charge in [-0.25, -0.2) is 12.8 Å². The van der Waals surface area contributed by atoms with Gasteiger partial charge in [-0.2, -0.15) is 0 Å². The minimum Gasteiger partial charge on any atom is -0.348 e. The molecule has 0 aliphatic heterocycles. The van der Waals surface area contributed by atoms with Crippen LogP contribution < -0.4 is 5.32 Å². The zero-order valence-electron chi connectivity index (χ0n) is 9.54. The van der Waals surface area contributed by atoms with E-state index in [9.17, 15) is 17.6 Å². The lowest BCUT2D eigenvalue weighted by atomic mass is 10.2. The molecule has 0 aliphatic carbocycles. The van der Waals surface area contributed by atoms with Crippen LogP contribution in [0.25, 0.3) is 0 Å². The van der Waals surface area contributed by atoms with Crippen molar-refractivity contribution < 1.29 is 17.6 Å². The van der Waals surface area contributed by atoms with E-state index in [1.54, 1.807) is 6.92 Å². The molecule has 0 bridgehead atoms. The van der Waals surface area contributed by atoms with Gasteiger partial charge in [-0.3, -0.25) is 4.79 Å². The second kappa shape index (κ2) is 5.49. The monoisotopic (exact) mass is 291 g/mol. The van der Waals surface area contributed by atoms with E-state index in [4.69, 9.17) is 10.7 Å². The first kappa shape index (κ1) is 14.7. The largest absolute Gasteiger partial charge is 0.348 e. The van der Waals surface area contributed by atoms with Gasteiger partial charge >= 0.3 is 0 Å². The molecule has 0 radical (unpaired) electrons. The average molecular weight is 292 g/mol. The first-order valence-corrected chi connectivity index (χ1v) is 7.19. The molecular formula is C11H11ClFNO3S. The maximum absolute atomic E-state index is 13.5. The van der Waals surface area contributed by atoms with Crippen molar-refractivity contribution >= 4 is 25.6 Å². The molecule has 0 fully saturated rings. The molecule has 18 heavy (non-hydrogen) atoms. The lowest BCUT2D eigenvalue weighted by molar-refractivity contribution is 0.0953. The van der Waals surface area contributed by atoms with Crippen LogP contribution in [0.1, 0.15) is 17.3 Å². The van der Waals surface area contributed by atoms with Crippen LogP contribution >= 0.6 is 10.7 Å². The quantitative estimate of drug-likeness (QED) is 0.682. The summed E-state index contributed by atoms with van der Waals surface area (Å²) in [4.78, 5) is 11.2. The fourth-order valence-corrected chi connectivity index (χ4v) is 1.92. The Kier molecular flexibility index (Phi) is 4.48. The van der Waals surface area contributed by atoms with Crippen molar-refractivity contribution in [3.8, 4) is 0 Å². The van der Waals surface area contributed by atoms with Gasteiger partial charge in [0, 0.05) is 17.2 Å². The second-order valence-electron chi connectivity index (χ2n) is 3.72. The molecule has 0 aliphatic rings. The fraction of sp³-hybridized carbons (Fsp3) is 0.182. The molecule has 0 heterocycles. The third-order valence-electron chi connectivity index (χ3n) is 2.02. The van der Waals surface area contributed by atoms with E-state index in [1.807, 2.05) is 0 Å². The minimum absolute atomic E-state index is 0.216. The Hall–Kier alpha value is -1.40. The highest BCUT2D eigenvalue weighted by atomic mass is 35.7. The fourth-order valence-electron chi connectivity index (χ4n) is 1.16. The summed E-state index contributed by atoms with van der Waals surface area (Å²) < 4.78 is 35.5. The summed E-state index contributed by atoms with van der Waals surface area (Å²) in [6.07, 6.45) is 0. The molecular weight excluding hydrogens is 281 g/mol. The van der Waals surface area contributed by atoms with Crippen LogP contribution in [0, 0.1) is 5.82 Å². The molecule has 4 nitrogen and oxygen atoms in total. The highest BCUT2D eigenvalue weighted by Gasteiger charge is 2.16. The van der Waals surface area contributed by atoms with Crippen LogP contribution in [0.4, 0.5) is 4.39 Å². The Balaban J connectivity index is 2.99. The molecule has 98 valence electrons. The number of benzene rings is 1. The summed E-state index contributed by atoms with van der Waals surface area (Å²) in [5.74, 6) is -1.59. The van der Waals surface area contributed by atoms with Gasteiger partial charge < -0.3 is 5.32 Å². The van der Waals surface area contributed by atoms with Crippen molar-refractivity contribution in [3.05, 3.63) is 41.7 Å². The van der Waals surface area contributed by atoms with Crippen LogP contribution in [0.5, 0.6) is 0 Å². The molecule has 1 aromatic carbocycles. The number of nitrogens with one attached hydrogen (secondary N) is 1. The summed E-state index contributed by atoms with van der Waals surface area (Å²) in [7, 11) is 1.05. The number of hydrogen-bond acceptors (Lipinski definition) is 3. The molecule has 0 atom stereocenters. The van der Waals surface area contributed by atoms with Crippen molar-refractivity contribution in [3.63, 3.8) is 0 Å². The van der Waals surface area contributed by atoms with Gasteiger partial charge in [0.25, 0.3) is 15.0 Å². The Morgan fingerprint density at radius 1 is 1.50 bits per heavy atom. The predicted molar refractivity (Wildman–Crippen MR) is 66.6 cm³/mol. The van der Waals surface area contributed by atoms with Crippen LogP contribution in [0.3, 0.4) is 0 Å². The summed E-state index contributed by atoms with van der Waals surface area (Å²) >= 11 is 0. The number of hydrogen-bond donors (Lipinski definition) is 1. The summed E-state index contributed by atoms with van der Waals surface area (Å²) in [5, 5.41) is 2.44. The van der Waals surface area contributed by atoms with Crippen LogP contribution in [-0.2, 0) is 9.05 Å². The second-order valence-corrected chi connectivity index (χ2v) is 6.29. The van der Waals surface area contributed by atoms with Crippen LogP contribution in [-0.4, -0.2) is 20.9 Å².